The first-order valence-corrected chi connectivity index (χ1v) is 7.37. The van der Waals surface area contributed by atoms with Gasteiger partial charge in [-0.1, -0.05) is 13.8 Å². The molecular formula is C14H29N3. The molecule has 0 bridgehead atoms. The van der Waals surface area contributed by atoms with E-state index >= 15 is 0 Å². The summed E-state index contributed by atoms with van der Waals surface area (Å²) in [5, 5.41) is 0. The lowest BCUT2D eigenvalue weighted by molar-refractivity contribution is 0.182. The van der Waals surface area contributed by atoms with Crippen LogP contribution in [0.25, 0.3) is 0 Å². The summed E-state index contributed by atoms with van der Waals surface area (Å²) in [4.78, 5) is 5.38. The second-order valence-electron chi connectivity index (χ2n) is 6.18. The molecule has 2 heterocycles. The molecule has 0 amide bonds. The standard InChI is InChI=1S/C14H29N3/c1-12(2)13(9-15)10-16-6-4-8-17-7-3-5-14(17)11-16/h12-14H,3-11,15H2,1-2H3. The highest BCUT2D eigenvalue weighted by atomic mass is 15.3. The van der Waals surface area contributed by atoms with Crippen LogP contribution in [0.4, 0.5) is 0 Å². The van der Waals surface area contributed by atoms with Crippen LogP contribution in [0.1, 0.15) is 33.1 Å². The van der Waals surface area contributed by atoms with E-state index in [1.807, 2.05) is 0 Å². The summed E-state index contributed by atoms with van der Waals surface area (Å²) in [6.45, 7) is 11.9. The molecule has 2 saturated heterocycles. The first-order chi connectivity index (χ1) is 8.20. The van der Waals surface area contributed by atoms with E-state index in [0.717, 1.165) is 12.6 Å². The summed E-state index contributed by atoms with van der Waals surface area (Å²) in [5.74, 6) is 1.38. The minimum absolute atomic E-state index is 0.669. The van der Waals surface area contributed by atoms with Crippen molar-refractivity contribution in [2.75, 3.05) is 39.3 Å². The van der Waals surface area contributed by atoms with E-state index in [9.17, 15) is 0 Å². The second kappa shape index (κ2) is 6.17. The lowest BCUT2D eigenvalue weighted by atomic mass is 9.95. The Labute approximate surface area is 106 Å². The Bertz CT molecular complexity index is 230. The number of fused-ring (bicyclic) bond motifs is 1. The molecule has 3 nitrogen and oxygen atoms in total. The summed E-state index contributed by atoms with van der Waals surface area (Å²) in [6.07, 6.45) is 4.15. The molecule has 0 aliphatic carbocycles. The molecule has 0 aromatic carbocycles. The predicted octanol–water partition coefficient (Wildman–Crippen LogP) is 1.39. The first kappa shape index (κ1) is 13.3. The van der Waals surface area contributed by atoms with Crippen molar-refractivity contribution in [3.63, 3.8) is 0 Å². The lowest BCUT2D eigenvalue weighted by Crippen LogP contribution is -2.41. The fourth-order valence-electron chi connectivity index (χ4n) is 3.34. The van der Waals surface area contributed by atoms with Gasteiger partial charge in [0.2, 0.25) is 0 Å². The first-order valence-electron chi connectivity index (χ1n) is 7.37. The third-order valence-electron chi connectivity index (χ3n) is 4.63. The Balaban J connectivity index is 1.87. The normalized spacial score (nSPS) is 29.3. The van der Waals surface area contributed by atoms with Gasteiger partial charge in [0.15, 0.2) is 0 Å². The van der Waals surface area contributed by atoms with Gasteiger partial charge in [-0.25, -0.2) is 0 Å². The van der Waals surface area contributed by atoms with Gasteiger partial charge in [-0.15, -0.1) is 0 Å². The van der Waals surface area contributed by atoms with E-state index < -0.39 is 0 Å². The average molecular weight is 239 g/mol. The van der Waals surface area contributed by atoms with Gasteiger partial charge in [0.1, 0.15) is 0 Å². The van der Waals surface area contributed by atoms with Crippen LogP contribution in [0.2, 0.25) is 0 Å². The molecule has 2 aliphatic heterocycles. The van der Waals surface area contributed by atoms with Crippen LogP contribution in [-0.2, 0) is 0 Å². The maximum Gasteiger partial charge on any atom is 0.0223 e. The van der Waals surface area contributed by atoms with Crippen LogP contribution in [0.5, 0.6) is 0 Å². The van der Waals surface area contributed by atoms with E-state index in [1.165, 1.54) is 52.0 Å². The minimum atomic E-state index is 0.669. The van der Waals surface area contributed by atoms with Gasteiger partial charge in [0, 0.05) is 19.1 Å². The van der Waals surface area contributed by atoms with Gasteiger partial charge >= 0.3 is 0 Å². The monoisotopic (exact) mass is 239 g/mol. The molecule has 0 aromatic rings. The molecule has 0 aromatic heterocycles. The molecule has 0 saturated carbocycles. The quantitative estimate of drug-likeness (QED) is 0.804. The van der Waals surface area contributed by atoms with Crippen LogP contribution in [0, 0.1) is 11.8 Å². The van der Waals surface area contributed by atoms with Crippen molar-refractivity contribution in [1.29, 1.82) is 0 Å². The van der Waals surface area contributed by atoms with Gasteiger partial charge < -0.3 is 10.6 Å². The van der Waals surface area contributed by atoms with E-state index in [0.29, 0.717) is 11.8 Å². The molecule has 2 unspecified atom stereocenters. The summed E-state index contributed by atoms with van der Waals surface area (Å²) < 4.78 is 0. The van der Waals surface area contributed by atoms with E-state index in [1.54, 1.807) is 0 Å². The highest BCUT2D eigenvalue weighted by Gasteiger charge is 2.29. The number of hydrogen-bond acceptors (Lipinski definition) is 3. The van der Waals surface area contributed by atoms with E-state index in [-0.39, 0.29) is 0 Å². The van der Waals surface area contributed by atoms with Crippen LogP contribution < -0.4 is 5.73 Å². The largest absolute Gasteiger partial charge is 0.330 e. The molecule has 2 aliphatic rings. The fraction of sp³-hybridized carbons (Fsp3) is 1.00. The number of hydrogen-bond donors (Lipinski definition) is 1. The SMILES string of the molecule is CC(C)C(CN)CN1CCCN2CCCC2C1. The van der Waals surface area contributed by atoms with Crippen molar-refractivity contribution in [3.8, 4) is 0 Å². The zero-order valence-electron chi connectivity index (χ0n) is 11.6. The smallest absolute Gasteiger partial charge is 0.0223 e. The zero-order chi connectivity index (χ0) is 12.3. The Morgan fingerprint density at radius 1 is 1.18 bits per heavy atom. The van der Waals surface area contributed by atoms with Crippen LogP contribution in [0.15, 0.2) is 0 Å². The van der Waals surface area contributed by atoms with Gasteiger partial charge in [-0.2, -0.15) is 0 Å². The third-order valence-corrected chi connectivity index (χ3v) is 4.63. The summed E-state index contributed by atoms with van der Waals surface area (Å²) in [7, 11) is 0. The topological polar surface area (TPSA) is 32.5 Å². The molecular weight excluding hydrogens is 210 g/mol. The molecule has 0 radical (unpaired) electrons. The fourth-order valence-corrected chi connectivity index (χ4v) is 3.34. The van der Waals surface area contributed by atoms with Crippen molar-refractivity contribution in [2.45, 2.75) is 39.2 Å². The predicted molar refractivity (Wildman–Crippen MR) is 73.0 cm³/mol. The highest BCUT2D eigenvalue weighted by molar-refractivity contribution is 4.85. The summed E-state index contributed by atoms with van der Waals surface area (Å²) in [5.41, 5.74) is 5.90. The Morgan fingerprint density at radius 2 is 1.94 bits per heavy atom. The van der Waals surface area contributed by atoms with Gasteiger partial charge in [0.05, 0.1) is 0 Å². The van der Waals surface area contributed by atoms with E-state index in [4.69, 9.17) is 5.73 Å². The van der Waals surface area contributed by atoms with Gasteiger partial charge in [0.25, 0.3) is 0 Å². The van der Waals surface area contributed by atoms with Crippen LogP contribution >= 0.6 is 0 Å². The molecule has 2 rings (SSSR count). The van der Waals surface area contributed by atoms with Gasteiger partial charge in [-0.3, -0.25) is 4.90 Å². The maximum atomic E-state index is 5.90. The average Bonchev–Trinajstić information content (AvgIpc) is 2.64. The second-order valence-corrected chi connectivity index (χ2v) is 6.18. The summed E-state index contributed by atoms with van der Waals surface area (Å²) in [6, 6.07) is 0.836. The van der Waals surface area contributed by atoms with E-state index in [2.05, 4.69) is 23.6 Å². The van der Waals surface area contributed by atoms with Crippen molar-refractivity contribution < 1.29 is 0 Å². The molecule has 0 spiro atoms. The van der Waals surface area contributed by atoms with Crippen molar-refractivity contribution in [2.24, 2.45) is 17.6 Å². The molecule has 17 heavy (non-hydrogen) atoms. The zero-order valence-corrected chi connectivity index (χ0v) is 11.6. The number of nitrogens with two attached hydrogens (primary N) is 1. The highest BCUT2D eigenvalue weighted by Crippen LogP contribution is 2.22. The Kier molecular flexibility index (Phi) is 4.83. The number of nitrogens with zero attached hydrogens (tertiary/aromatic N) is 2. The number of rotatable bonds is 4. The van der Waals surface area contributed by atoms with Crippen molar-refractivity contribution >= 4 is 0 Å². The van der Waals surface area contributed by atoms with Crippen molar-refractivity contribution in [1.82, 2.24) is 9.80 Å². The van der Waals surface area contributed by atoms with Crippen LogP contribution in [0.3, 0.4) is 0 Å². The molecule has 2 fully saturated rings. The maximum absolute atomic E-state index is 5.90. The Morgan fingerprint density at radius 3 is 2.65 bits per heavy atom. The molecule has 2 atom stereocenters. The third kappa shape index (κ3) is 3.43. The van der Waals surface area contributed by atoms with Crippen LogP contribution in [-0.4, -0.2) is 55.1 Å². The van der Waals surface area contributed by atoms with Gasteiger partial charge in [-0.05, 0) is 57.3 Å². The summed E-state index contributed by atoms with van der Waals surface area (Å²) >= 11 is 0. The molecule has 3 heteroatoms. The minimum Gasteiger partial charge on any atom is -0.330 e. The lowest BCUT2D eigenvalue weighted by Gasteiger charge is -2.30. The molecule has 2 N–H and O–H groups in total. The molecule has 100 valence electrons. The Hall–Kier alpha value is -0.120. The van der Waals surface area contributed by atoms with Crippen molar-refractivity contribution in [3.05, 3.63) is 0 Å².